The van der Waals surface area contributed by atoms with E-state index in [0.29, 0.717) is 24.9 Å². The lowest BCUT2D eigenvalue weighted by Gasteiger charge is -2.39. The van der Waals surface area contributed by atoms with E-state index >= 15 is 0 Å². The van der Waals surface area contributed by atoms with Crippen molar-refractivity contribution in [1.82, 2.24) is 14.9 Å². The van der Waals surface area contributed by atoms with Gasteiger partial charge in [-0.2, -0.15) is 0 Å². The predicted molar refractivity (Wildman–Crippen MR) is 141 cm³/mol. The van der Waals surface area contributed by atoms with Gasteiger partial charge in [-0.3, -0.25) is 4.79 Å². The van der Waals surface area contributed by atoms with Gasteiger partial charge < -0.3 is 24.2 Å². The Morgan fingerprint density at radius 1 is 1.16 bits per heavy atom. The molecule has 1 amide bonds. The quantitative estimate of drug-likeness (QED) is 0.469. The molecule has 0 bridgehead atoms. The lowest BCUT2D eigenvalue weighted by Crippen LogP contribution is -2.49. The fourth-order valence-corrected chi connectivity index (χ4v) is 4.74. The van der Waals surface area contributed by atoms with Gasteiger partial charge in [0.2, 0.25) is 0 Å². The molecule has 3 rings (SSSR count). The van der Waals surface area contributed by atoms with Crippen molar-refractivity contribution in [3.8, 4) is 5.88 Å². The van der Waals surface area contributed by atoms with Crippen LogP contribution in [0.3, 0.4) is 0 Å². The van der Waals surface area contributed by atoms with Gasteiger partial charge in [-0.05, 0) is 78.9 Å². The SMILES string of the molecule is COc1nc2c(C(O)CC[C@@H]3CCN(C(=O)OC(C)(C)C)C[C@@H]3C(=O)OC(C)(C)C)c(F)ccc2nc1Cl. The van der Waals surface area contributed by atoms with Crippen molar-refractivity contribution in [2.75, 3.05) is 20.2 Å². The summed E-state index contributed by atoms with van der Waals surface area (Å²) in [4.78, 5) is 35.8. The highest BCUT2D eigenvalue weighted by Gasteiger charge is 2.39. The number of carbonyl (C=O) groups excluding carboxylic acids is 2. The summed E-state index contributed by atoms with van der Waals surface area (Å²) in [5.74, 6) is -1.86. The zero-order valence-electron chi connectivity index (χ0n) is 23.0. The van der Waals surface area contributed by atoms with E-state index in [1.807, 2.05) is 0 Å². The minimum Gasteiger partial charge on any atom is -0.479 e. The molecule has 2 heterocycles. The molecule has 11 heteroatoms. The number of amides is 1. The summed E-state index contributed by atoms with van der Waals surface area (Å²) in [5, 5.41) is 11.1. The smallest absolute Gasteiger partial charge is 0.410 e. The lowest BCUT2D eigenvalue weighted by atomic mass is 9.81. The number of ether oxygens (including phenoxy) is 3. The van der Waals surface area contributed by atoms with Gasteiger partial charge in [0.15, 0.2) is 5.15 Å². The largest absolute Gasteiger partial charge is 0.479 e. The second-order valence-electron chi connectivity index (χ2n) is 11.6. The van der Waals surface area contributed by atoms with Crippen LogP contribution >= 0.6 is 11.6 Å². The molecule has 38 heavy (non-hydrogen) atoms. The zero-order valence-corrected chi connectivity index (χ0v) is 23.8. The molecule has 0 saturated carbocycles. The number of carbonyl (C=O) groups is 2. The molecular weight excluding hydrogens is 517 g/mol. The van der Waals surface area contributed by atoms with Crippen molar-refractivity contribution < 1.29 is 33.3 Å². The number of nitrogens with zero attached hydrogens (tertiary/aromatic N) is 3. The van der Waals surface area contributed by atoms with Crippen LogP contribution in [0.4, 0.5) is 9.18 Å². The number of hydrogen-bond acceptors (Lipinski definition) is 8. The van der Waals surface area contributed by atoms with E-state index in [1.54, 1.807) is 41.5 Å². The number of aliphatic hydroxyl groups is 1. The Kier molecular flexibility index (Phi) is 9.08. The molecule has 1 aliphatic heterocycles. The lowest BCUT2D eigenvalue weighted by molar-refractivity contribution is -0.164. The molecule has 0 aliphatic carbocycles. The first kappa shape index (κ1) is 29.8. The number of hydrogen-bond donors (Lipinski definition) is 1. The summed E-state index contributed by atoms with van der Waals surface area (Å²) in [5.41, 5.74) is -0.909. The number of halogens is 2. The fraction of sp³-hybridized carbons (Fsp3) is 0.630. The summed E-state index contributed by atoms with van der Waals surface area (Å²) in [6, 6.07) is 2.64. The molecule has 1 unspecified atom stereocenters. The summed E-state index contributed by atoms with van der Waals surface area (Å²) < 4.78 is 31.2. The Hall–Kier alpha value is -2.72. The standard InChI is InChI=1S/C27H37ClFN3O6/c1-26(2,3)37-24(34)16-14-32(25(35)38-27(4,5)6)13-12-15(16)8-11-19(33)20-17(29)9-10-18-21(20)31-23(36-7)22(28)30-18/h9-10,15-16,19,33H,8,11-14H2,1-7H3/t15-,16+,19?/m1/s1. The predicted octanol–water partition coefficient (Wildman–Crippen LogP) is 5.46. The van der Waals surface area contributed by atoms with Crippen LogP contribution in [-0.2, 0) is 14.3 Å². The van der Waals surface area contributed by atoms with Gasteiger partial charge in [-0.1, -0.05) is 11.6 Å². The number of methoxy groups -OCH3 is 1. The molecule has 1 aromatic carbocycles. The first-order valence-corrected chi connectivity index (χ1v) is 13.1. The molecule has 1 aromatic heterocycles. The number of aliphatic hydroxyl groups excluding tert-OH is 1. The first-order chi connectivity index (χ1) is 17.6. The van der Waals surface area contributed by atoms with Crippen molar-refractivity contribution >= 4 is 34.7 Å². The Labute approximate surface area is 227 Å². The molecule has 1 aliphatic rings. The van der Waals surface area contributed by atoms with Crippen molar-refractivity contribution in [3.63, 3.8) is 0 Å². The van der Waals surface area contributed by atoms with E-state index in [2.05, 4.69) is 9.97 Å². The van der Waals surface area contributed by atoms with Crippen molar-refractivity contribution in [2.24, 2.45) is 11.8 Å². The molecule has 1 saturated heterocycles. The maximum Gasteiger partial charge on any atom is 0.410 e. The minimum absolute atomic E-state index is 0.00928. The van der Waals surface area contributed by atoms with Crippen LogP contribution in [0.25, 0.3) is 11.0 Å². The number of esters is 1. The first-order valence-electron chi connectivity index (χ1n) is 12.7. The third-order valence-electron chi connectivity index (χ3n) is 6.21. The fourth-order valence-electron chi connectivity index (χ4n) is 4.53. The van der Waals surface area contributed by atoms with Gasteiger partial charge in [0.05, 0.1) is 24.6 Å². The van der Waals surface area contributed by atoms with E-state index < -0.39 is 41.1 Å². The van der Waals surface area contributed by atoms with Crippen molar-refractivity contribution in [2.45, 2.75) is 78.1 Å². The van der Waals surface area contributed by atoms with Gasteiger partial charge in [0.25, 0.3) is 5.88 Å². The average Bonchev–Trinajstić information content (AvgIpc) is 2.80. The van der Waals surface area contributed by atoms with Crippen LogP contribution in [0.5, 0.6) is 5.88 Å². The highest BCUT2D eigenvalue weighted by atomic mass is 35.5. The maximum absolute atomic E-state index is 14.9. The normalized spacial score (nSPS) is 19.3. The highest BCUT2D eigenvalue weighted by molar-refractivity contribution is 6.31. The molecule has 210 valence electrons. The van der Waals surface area contributed by atoms with E-state index in [9.17, 15) is 19.1 Å². The maximum atomic E-state index is 14.9. The van der Waals surface area contributed by atoms with Gasteiger partial charge >= 0.3 is 12.1 Å². The topological polar surface area (TPSA) is 111 Å². The second kappa shape index (κ2) is 11.6. The number of fused-ring (bicyclic) bond motifs is 1. The molecule has 0 radical (unpaired) electrons. The van der Waals surface area contributed by atoms with Crippen LogP contribution in [0.15, 0.2) is 12.1 Å². The third kappa shape index (κ3) is 7.44. The van der Waals surface area contributed by atoms with Crippen LogP contribution in [-0.4, -0.2) is 63.4 Å². The third-order valence-corrected chi connectivity index (χ3v) is 6.45. The highest BCUT2D eigenvalue weighted by Crippen LogP contribution is 2.36. The number of rotatable bonds is 6. The Morgan fingerprint density at radius 2 is 1.82 bits per heavy atom. The van der Waals surface area contributed by atoms with Crippen LogP contribution in [0.2, 0.25) is 5.15 Å². The molecular formula is C27H37ClFN3O6. The molecule has 1 N–H and O–H groups in total. The number of aromatic nitrogens is 2. The Balaban J connectivity index is 1.81. The van der Waals surface area contributed by atoms with E-state index in [4.69, 9.17) is 25.8 Å². The average molecular weight is 554 g/mol. The number of benzene rings is 1. The molecule has 2 aromatic rings. The molecule has 9 nitrogen and oxygen atoms in total. The van der Waals surface area contributed by atoms with E-state index in [1.165, 1.54) is 24.1 Å². The van der Waals surface area contributed by atoms with Gasteiger partial charge in [0.1, 0.15) is 22.5 Å². The van der Waals surface area contributed by atoms with Gasteiger partial charge in [-0.15, -0.1) is 0 Å². The molecule has 3 atom stereocenters. The van der Waals surface area contributed by atoms with Crippen molar-refractivity contribution in [3.05, 3.63) is 28.7 Å². The summed E-state index contributed by atoms with van der Waals surface area (Å²) >= 11 is 6.06. The van der Waals surface area contributed by atoms with Crippen molar-refractivity contribution in [1.29, 1.82) is 0 Å². The van der Waals surface area contributed by atoms with E-state index in [-0.39, 0.29) is 41.0 Å². The Bertz CT molecular complexity index is 1180. The van der Waals surface area contributed by atoms with E-state index in [0.717, 1.165) is 0 Å². The second-order valence-corrected chi connectivity index (χ2v) is 11.9. The summed E-state index contributed by atoms with van der Waals surface area (Å²) in [6.07, 6.45) is -0.673. The molecule has 1 fully saturated rings. The van der Waals surface area contributed by atoms with Crippen LogP contribution < -0.4 is 4.74 Å². The Morgan fingerprint density at radius 3 is 2.42 bits per heavy atom. The summed E-state index contributed by atoms with van der Waals surface area (Å²) in [6.45, 7) is 11.2. The monoisotopic (exact) mass is 553 g/mol. The number of piperidine rings is 1. The van der Waals surface area contributed by atoms with Crippen LogP contribution in [0.1, 0.15) is 72.5 Å². The zero-order chi connectivity index (χ0) is 28.4. The van der Waals surface area contributed by atoms with Gasteiger partial charge in [0, 0.05) is 18.7 Å². The molecule has 0 spiro atoms. The van der Waals surface area contributed by atoms with Crippen LogP contribution in [0, 0.1) is 17.7 Å². The minimum atomic E-state index is -1.22. The summed E-state index contributed by atoms with van der Waals surface area (Å²) in [7, 11) is 1.37. The number of likely N-dealkylation sites (tertiary alicyclic amines) is 1. The van der Waals surface area contributed by atoms with Gasteiger partial charge in [-0.25, -0.2) is 19.2 Å².